The van der Waals surface area contributed by atoms with Gasteiger partial charge in [-0.15, -0.1) is 0 Å². The minimum absolute atomic E-state index is 0.0397. The number of benzene rings is 2. The summed E-state index contributed by atoms with van der Waals surface area (Å²) in [6.45, 7) is -1.07. The lowest BCUT2D eigenvalue weighted by Gasteiger charge is -2.33. The van der Waals surface area contributed by atoms with E-state index < -0.39 is 127 Å². The van der Waals surface area contributed by atoms with Crippen molar-refractivity contribution in [2.45, 2.75) is 99.9 Å². The first-order valence-corrected chi connectivity index (χ1v) is 24.8. The SMILES string of the molecule is NCC(=O)N[C@H]1Cc2ccc(cc2)OCCSC[C@@H](C(=O)NCC(=O)N[C@@H](CC(=O)O)C(=O)O)NC(=O)[C@H](Cc2ccccc2)NC(O)[C@H](CCC(N)=O)NC(=O)[C@@H]2CCCN2C(=O)[C@H](Cc2cnc[nH]2)NC1=O. The number of thioether (sulfide) groups is 1. The molecule has 74 heavy (non-hydrogen) atoms. The molecule has 1 saturated heterocycles. The number of H-pyrrole nitrogens is 1. The lowest BCUT2D eigenvalue weighted by Crippen LogP contribution is -2.61. The molecule has 1 fully saturated rings. The zero-order chi connectivity index (χ0) is 53.7. The van der Waals surface area contributed by atoms with Crippen molar-refractivity contribution in [3.05, 3.63) is 83.9 Å². The molecule has 27 heteroatoms. The molecule has 3 aromatic rings. The van der Waals surface area contributed by atoms with Gasteiger partial charge in [-0.25, -0.2) is 9.78 Å². The lowest BCUT2D eigenvalue weighted by atomic mass is 10.0. The van der Waals surface area contributed by atoms with Crippen LogP contribution in [0.5, 0.6) is 5.75 Å². The standard InChI is InChI=1S/C47H62N12O14S/c48-21-38(61)53-31-18-27-8-10-29(11-9-27)73-15-16-74-24-35(41(65)51-23-39(62)54-34(47(71)72)20-40(63)64)58-44(68)32(17-26-5-2-1-3-6-26)56-42(66)30(12-13-37(49)60)55-45(69)36-7-4-14-59(36)46(70)33(57-43(31)67)19-28-22-50-25-52-28/h1-3,5-6,8-11,22,25,30-36,42,56,66H,4,7,12-21,23-24,48H2,(H2,49,60)(H,50,52)(H,51,65)(H,53,61)(H,54,62)(H,55,69)(H,57,67)(H,58,68)(H,63,64)(H,71,72)/t30-,31-,32-,33-,34-,35-,36-,42?/m0/s1. The Balaban J connectivity index is 1.48. The summed E-state index contributed by atoms with van der Waals surface area (Å²) < 4.78 is 5.92. The third kappa shape index (κ3) is 18.1. The molecule has 0 radical (unpaired) electrons. The molecular weight excluding hydrogens is 989 g/mol. The molecule has 3 aliphatic heterocycles. The number of hydrogen-bond donors (Lipinski definition) is 13. The van der Waals surface area contributed by atoms with Gasteiger partial charge in [-0.3, -0.25) is 48.5 Å². The number of primary amides is 1. The quantitative estimate of drug-likeness (QED) is 0.0611. The van der Waals surface area contributed by atoms with Crippen LogP contribution in [0.4, 0.5) is 0 Å². The summed E-state index contributed by atoms with van der Waals surface area (Å²) in [5, 5.41) is 48.3. The van der Waals surface area contributed by atoms with E-state index in [0.29, 0.717) is 29.0 Å². The number of nitrogens with one attached hydrogen (secondary N) is 8. The predicted molar refractivity (Wildman–Crippen MR) is 263 cm³/mol. The van der Waals surface area contributed by atoms with Gasteiger partial charge >= 0.3 is 11.9 Å². The molecular formula is C47H62N12O14S. The van der Waals surface area contributed by atoms with Gasteiger partial charge in [0.25, 0.3) is 0 Å². The van der Waals surface area contributed by atoms with Crippen molar-refractivity contribution in [1.82, 2.24) is 52.1 Å². The highest BCUT2D eigenvalue weighted by Crippen LogP contribution is 2.22. The number of carbonyl (C=O) groups excluding carboxylic acids is 8. The maximum atomic E-state index is 14.6. The van der Waals surface area contributed by atoms with Crippen LogP contribution in [0.2, 0.25) is 0 Å². The minimum atomic E-state index is -1.80. The third-order valence-corrected chi connectivity index (χ3v) is 12.9. The Morgan fingerprint density at radius 3 is 2.31 bits per heavy atom. The lowest BCUT2D eigenvalue weighted by molar-refractivity contribution is -0.147. The van der Waals surface area contributed by atoms with Crippen LogP contribution in [0.1, 0.15) is 48.9 Å². The van der Waals surface area contributed by atoms with Gasteiger partial charge in [-0.1, -0.05) is 42.5 Å². The molecule has 0 aliphatic carbocycles. The first kappa shape index (κ1) is 57.3. The molecule has 8 atom stereocenters. The Morgan fingerprint density at radius 2 is 1.65 bits per heavy atom. The van der Waals surface area contributed by atoms with Crippen molar-refractivity contribution in [1.29, 1.82) is 0 Å². The van der Waals surface area contributed by atoms with Crippen LogP contribution in [0, 0.1) is 0 Å². The largest absolute Gasteiger partial charge is 0.493 e. The van der Waals surface area contributed by atoms with Crippen LogP contribution in [0.25, 0.3) is 0 Å². The normalized spacial score (nSPS) is 22.9. The summed E-state index contributed by atoms with van der Waals surface area (Å²) in [6, 6.07) is 5.66. The zero-order valence-corrected chi connectivity index (χ0v) is 41.0. The molecule has 15 N–H and O–H groups in total. The fraction of sp³-hybridized carbons (Fsp3) is 0.468. The van der Waals surface area contributed by atoms with Crippen molar-refractivity contribution in [3.8, 4) is 5.75 Å². The minimum Gasteiger partial charge on any atom is -0.493 e. The van der Waals surface area contributed by atoms with E-state index in [2.05, 4.69) is 41.9 Å². The molecule has 8 amide bonds. The van der Waals surface area contributed by atoms with Gasteiger partial charge in [0, 0.05) is 49.2 Å². The van der Waals surface area contributed by atoms with Gasteiger partial charge in [0.2, 0.25) is 47.3 Å². The highest BCUT2D eigenvalue weighted by Gasteiger charge is 2.40. The van der Waals surface area contributed by atoms with E-state index in [1.807, 2.05) is 5.32 Å². The van der Waals surface area contributed by atoms with E-state index in [9.17, 15) is 58.2 Å². The second-order valence-corrected chi connectivity index (χ2v) is 18.6. The van der Waals surface area contributed by atoms with Crippen molar-refractivity contribution in [2.75, 3.05) is 37.7 Å². The smallest absolute Gasteiger partial charge is 0.326 e. The number of hydrogen-bond acceptors (Lipinski definition) is 16. The van der Waals surface area contributed by atoms with E-state index in [1.54, 1.807) is 54.6 Å². The van der Waals surface area contributed by atoms with Gasteiger partial charge < -0.3 is 73.3 Å². The van der Waals surface area contributed by atoms with Gasteiger partial charge in [0.1, 0.15) is 42.2 Å². The number of carbonyl (C=O) groups is 10. The molecule has 4 heterocycles. The van der Waals surface area contributed by atoms with Crippen LogP contribution >= 0.6 is 11.8 Å². The number of aliphatic hydroxyl groups excluding tert-OH is 1. The first-order chi connectivity index (χ1) is 35.4. The predicted octanol–water partition coefficient (Wildman–Crippen LogP) is -3.85. The van der Waals surface area contributed by atoms with Crippen LogP contribution < -0.4 is 53.4 Å². The van der Waals surface area contributed by atoms with E-state index in [-0.39, 0.29) is 63.2 Å². The number of fused-ring (bicyclic) bond motifs is 20. The second-order valence-electron chi connectivity index (χ2n) is 17.4. The molecule has 400 valence electrons. The summed E-state index contributed by atoms with van der Waals surface area (Å²) in [5.41, 5.74) is 12.8. The summed E-state index contributed by atoms with van der Waals surface area (Å²) in [7, 11) is 0. The van der Waals surface area contributed by atoms with E-state index >= 15 is 0 Å². The zero-order valence-electron chi connectivity index (χ0n) is 40.2. The number of aliphatic hydroxyl groups is 1. The van der Waals surface area contributed by atoms with E-state index in [1.165, 1.54) is 29.2 Å². The second kappa shape index (κ2) is 28.6. The van der Waals surface area contributed by atoms with Crippen molar-refractivity contribution in [2.24, 2.45) is 11.5 Å². The maximum absolute atomic E-state index is 14.6. The molecule has 0 saturated carbocycles. The number of rotatable bonds is 16. The molecule has 0 spiro atoms. The number of aromatic nitrogens is 2. The Hall–Kier alpha value is -7.62. The Morgan fingerprint density at radius 1 is 0.905 bits per heavy atom. The number of carboxylic acid groups (broad SMARTS) is 2. The number of amides is 8. The van der Waals surface area contributed by atoms with Gasteiger partial charge in [0.05, 0.1) is 44.5 Å². The summed E-state index contributed by atoms with van der Waals surface area (Å²) >= 11 is 1.17. The van der Waals surface area contributed by atoms with Crippen molar-refractivity contribution in [3.63, 3.8) is 0 Å². The number of carboxylic acids is 2. The maximum Gasteiger partial charge on any atom is 0.326 e. The van der Waals surface area contributed by atoms with Crippen molar-refractivity contribution >= 4 is 71.0 Å². The van der Waals surface area contributed by atoms with E-state index in [0.717, 1.165) is 0 Å². The third-order valence-electron chi connectivity index (χ3n) is 11.9. The van der Waals surface area contributed by atoms with Crippen LogP contribution in [0.3, 0.4) is 0 Å². The number of aliphatic carboxylic acids is 2. The number of nitrogens with zero attached hydrogens (tertiary/aromatic N) is 2. The summed E-state index contributed by atoms with van der Waals surface area (Å²) in [4.78, 5) is 140. The Labute approximate surface area is 428 Å². The van der Waals surface area contributed by atoms with E-state index in [4.69, 9.17) is 21.3 Å². The van der Waals surface area contributed by atoms with Gasteiger partial charge in [-0.05, 0) is 48.9 Å². The van der Waals surface area contributed by atoms with Gasteiger partial charge in [0.15, 0.2) is 0 Å². The molecule has 26 nitrogen and oxygen atoms in total. The number of ether oxygens (including phenoxy) is 1. The number of aromatic amines is 1. The Kier molecular flexibility index (Phi) is 22.1. The number of imidazole rings is 1. The molecule has 1 unspecified atom stereocenters. The number of nitrogens with two attached hydrogens (primary N) is 2. The summed E-state index contributed by atoms with van der Waals surface area (Å²) in [6.07, 6.45) is -0.146. The van der Waals surface area contributed by atoms with Crippen molar-refractivity contribution < 1.29 is 68.0 Å². The molecule has 2 aromatic carbocycles. The highest BCUT2D eigenvalue weighted by atomic mass is 32.2. The molecule has 2 bridgehead atoms. The monoisotopic (exact) mass is 1050 g/mol. The first-order valence-electron chi connectivity index (χ1n) is 23.7. The van der Waals surface area contributed by atoms with Crippen LogP contribution in [-0.2, 0) is 67.2 Å². The topological polar surface area (TPSA) is 409 Å². The Bertz CT molecular complexity index is 2430. The molecule has 3 aliphatic rings. The molecule has 1 aromatic heterocycles. The fourth-order valence-corrected chi connectivity index (χ4v) is 8.92. The fourth-order valence-electron chi connectivity index (χ4n) is 8.08. The average Bonchev–Trinajstić information content (AvgIpc) is 4.09. The highest BCUT2D eigenvalue weighted by molar-refractivity contribution is 7.99. The van der Waals surface area contributed by atoms with Crippen LogP contribution in [-0.4, -0.2) is 176 Å². The summed E-state index contributed by atoms with van der Waals surface area (Å²) in [5.74, 6) is -8.86. The average molecular weight is 1050 g/mol. The molecule has 6 rings (SSSR count). The van der Waals surface area contributed by atoms with Crippen LogP contribution in [0.15, 0.2) is 67.1 Å². The van der Waals surface area contributed by atoms with Gasteiger partial charge in [-0.2, -0.15) is 11.8 Å².